The minimum absolute atomic E-state index is 0.0667. The van der Waals surface area contributed by atoms with Crippen LogP contribution in [0.5, 0.6) is 0 Å². The van der Waals surface area contributed by atoms with Crippen LogP contribution in [0.25, 0.3) is 21.7 Å². The highest BCUT2D eigenvalue weighted by Crippen LogP contribution is 2.20. The van der Waals surface area contributed by atoms with Gasteiger partial charge < -0.3 is 31.8 Å². The zero-order valence-corrected chi connectivity index (χ0v) is 25.4. The Morgan fingerprint density at radius 3 is 2.13 bits per heavy atom. The first kappa shape index (κ1) is 31.9. The molecule has 0 saturated heterocycles. The molecule has 3 amide bonds. The monoisotopic (exact) mass is 619 g/mol. The predicted octanol–water partition coefficient (Wildman–Crippen LogP) is 3.24. The van der Waals surface area contributed by atoms with Gasteiger partial charge >= 0.3 is 5.97 Å². The van der Waals surface area contributed by atoms with Crippen molar-refractivity contribution < 1.29 is 24.3 Å². The van der Waals surface area contributed by atoms with Crippen LogP contribution in [0.1, 0.15) is 23.6 Å². The van der Waals surface area contributed by atoms with E-state index in [1.54, 1.807) is 30.5 Å². The van der Waals surface area contributed by atoms with E-state index in [4.69, 9.17) is 5.73 Å². The highest BCUT2D eigenvalue weighted by Gasteiger charge is 2.30. The smallest absolute Gasteiger partial charge is 0.326 e. The number of aliphatic carboxylic acids is 1. The number of benzene rings is 4. The van der Waals surface area contributed by atoms with Crippen molar-refractivity contribution in [2.24, 2.45) is 5.73 Å². The number of aromatic amines is 1. The molecule has 236 valence electrons. The largest absolute Gasteiger partial charge is 0.480 e. The quantitative estimate of drug-likeness (QED) is 0.118. The van der Waals surface area contributed by atoms with Crippen molar-refractivity contribution in [1.82, 2.24) is 20.9 Å². The summed E-state index contributed by atoms with van der Waals surface area (Å²) in [6.07, 6.45) is 2.18. The Morgan fingerprint density at radius 1 is 0.696 bits per heavy atom. The van der Waals surface area contributed by atoms with Crippen LogP contribution in [0.15, 0.2) is 103 Å². The van der Waals surface area contributed by atoms with Crippen LogP contribution < -0.4 is 21.7 Å². The minimum atomic E-state index is -1.22. The van der Waals surface area contributed by atoms with Gasteiger partial charge in [0.15, 0.2) is 0 Å². The van der Waals surface area contributed by atoms with Crippen molar-refractivity contribution in [2.45, 2.75) is 50.4 Å². The molecule has 4 aromatic carbocycles. The van der Waals surface area contributed by atoms with E-state index in [-0.39, 0.29) is 19.3 Å². The Labute approximate surface area is 266 Å². The number of carbonyl (C=O) groups excluding carboxylic acids is 3. The lowest BCUT2D eigenvalue weighted by Crippen LogP contribution is -2.57. The fraction of sp³-hybridized carbons (Fsp3) is 0.222. The molecule has 0 saturated carbocycles. The Hall–Kier alpha value is -5.48. The molecule has 5 aromatic rings. The van der Waals surface area contributed by atoms with E-state index < -0.39 is 47.9 Å². The van der Waals surface area contributed by atoms with Gasteiger partial charge in [-0.05, 0) is 46.9 Å². The molecule has 10 heteroatoms. The number of rotatable bonds is 13. The van der Waals surface area contributed by atoms with E-state index in [1.165, 1.54) is 6.92 Å². The third-order valence-electron chi connectivity index (χ3n) is 7.99. The van der Waals surface area contributed by atoms with Crippen molar-refractivity contribution in [3.63, 3.8) is 0 Å². The maximum atomic E-state index is 13.6. The summed E-state index contributed by atoms with van der Waals surface area (Å²) in [6, 6.07) is 26.0. The number of para-hydroxylation sites is 1. The zero-order chi connectivity index (χ0) is 32.6. The molecule has 0 aliphatic heterocycles. The van der Waals surface area contributed by atoms with Crippen LogP contribution in [0.2, 0.25) is 0 Å². The molecule has 0 radical (unpaired) electrons. The number of amides is 3. The number of hydrogen-bond acceptors (Lipinski definition) is 5. The molecule has 0 aliphatic rings. The second kappa shape index (κ2) is 14.5. The molecule has 4 atom stereocenters. The first-order valence-electron chi connectivity index (χ1n) is 15.1. The van der Waals surface area contributed by atoms with Gasteiger partial charge in [0, 0.05) is 29.9 Å². The summed E-state index contributed by atoms with van der Waals surface area (Å²) in [5.74, 6) is -2.98. The van der Waals surface area contributed by atoms with E-state index in [2.05, 4.69) is 20.9 Å². The van der Waals surface area contributed by atoms with Gasteiger partial charge in [-0.1, -0.05) is 91.0 Å². The van der Waals surface area contributed by atoms with E-state index in [0.29, 0.717) is 0 Å². The normalized spacial score (nSPS) is 13.8. The zero-order valence-electron chi connectivity index (χ0n) is 25.4. The van der Waals surface area contributed by atoms with Crippen LogP contribution in [0.4, 0.5) is 0 Å². The molecule has 46 heavy (non-hydrogen) atoms. The molecule has 0 bridgehead atoms. The van der Waals surface area contributed by atoms with Gasteiger partial charge in [-0.15, -0.1) is 0 Å². The number of nitrogens with two attached hydrogens (primary N) is 1. The predicted molar refractivity (Wildman–Crippen MR) is 177 cm³/mol. The first-order valence-corrected chi connectivity index (χ1v) is 15.1. The van der Waals surface area contributed by atoms with Crippen LogP contribution in [0.3, 0.4) is 0 Å². The third kappa shape index (κ3) is 7.96. The maximum Gasteiger partial charge on any atom is 0.326 e. The second-order valence-corrected chi connectivity index (χ2v) is 11.4. The Bertz CT molecular complexity index is 1850. The molecule has 0 spiro atoms. The number of aromatic nitrogens is 1. The SMILES string of the molecule is C[C@H](NC(=O)[C@H](N)Cc1ccc2ccccc2c1)C(=O)N[C@@H](Cc1c[nH]c2ccccc12)C(=O)N[C@H](Cc1ccccc1)C(=O)O. The van der Waals surface area contributed by atoms with Crippen molar-refractivity contribution in [3.05, 3.63) is 120 Å². The number of carboxylic acid groups (broad SMARTS) is 1. The third-order valence-corrected chi connectivity index (χ3v) is 7.99. The van der Waals surface area contributed by atoms with Crippen LogP contribution in [-0.4, -0.2) is 57.9 Å². The maximum absolute atomic E-state index is 13.6. The molecule has 0 unspecified atom stereocenters. The molecular weight excluding hydrogens is 582 g/mol. The van der Waals surface area contributed by atoms with E-state index in [0.717, 1.165) is 38.4 Å². The van der Waals surface area contributed by atoms with Gasteiger partial charge in [-0.2, -0.15) is 0 Å². The average Bonchev–Trinajstić information content (AvgIpc) is 3.47. The number of carboxylic acids is 1. The van der Waals surface area contributed by atoms with Gasteiger partial charge in [0.2, 0.25) is 17.7 Å². The summed E-state index contributed by atoms with van der Waals surface area (Å²) in [6.45, 7) is 1.51. The van der Waals surface area contributed by atoms with Gasteiger partial charge in [0.25, 0.3) is 0 Å². The summed E-state index contributed by atoms with van der Waals surface area (Å²) in [5, 5.41) is 20.8. The molecule has 5 rings (SSSR count). The van der Waals surface area contributed by atoms with Crippen molar-refractivity contribution >= 4 is 45.4 Å². The number of fused-ring (bicyclic) bond motifs is 2. The van der Waals surface area contributed by atoms with Crippen molar-refractivity contribution in [1.29, 1.82) is 0 Å². The number of H-pyrrole nitrogens is 1. The summed E-state index contributed by atoms with van der Waals surface area (Å²) in [5.41, 5.74) is 9.46. The summed E-state index contributed by atoms with van der Waals surface area (Å²) in [4.78, 5) is 55.2. The summed E-state index contributed by atoms with van der Waals surface area (Å²) >= 11 is 0. The Balaban J connectivity index is 1.27. The lowest BCUT2D eigenvalue weighted by molar-refractivity contribution is -0.142. The highest BCUT2D eigenvalue weighted by atomic mass is 16.4. The Kier molecular flexibility index (Phi) is 10.1. The molecule has 1 aromatic heterocycles. The van der Waals surface area contributed by atoms with Crippen LogP contribution in [-0.2, 0) is 38.4 Å². The van der Waals surface area contributed by atoms with Gasteiger partial charge in [0.05, 0.1) is 6.04 Å². The molecule has 7 N–H and O–H groups in total. The Morgan fingerprint density at radius 2 is 1.37 bits per heavy atom. The fourth-order valence-corrected chi connectivity index (χ4v) is 5.45. The van der Waals surface area contributed by atoms with Crippen molar-refractivity contribution in [2.75, 3.05) is 0 Å². The molecule has 0 aliphatic carbocycles. The average molecular weight is 620 g/mol. The molecule has 10 nitrogen and oxygen atoms in total. The summed E-state index contributed by atoms with van der Waals surface area (Å²) in [7, 11) is 0. The fourth-order valence-electron chi connectivity index (χ4n) is 5.45. The second-order valence-electron chi connectivity index (χ2n) is 11.4. The first-order chi connectivity index (χ1) is 22.2. The summed E-state index contributed by atoms with van der Waals surface area (Å²) < 4.78 is 0. The minimum Gasteiger partial charge on any atom is -0.480 e. The van der Waals surface area contributed by atoms with E-state index >= 15 is 0 Å². The number of nitrogens with one attached hydrogen (secondary N) is 4. The topological polar surface area (TPSA) is 166 Å². The molecular formula is C36H37N5O5. The lowest BCUT2D eigenvalue weighted by atomic mass is 10.0. The van der Waals surface area contributed by atoms with Crippen LogP contribution >= 0.6 is 0 Å². The van der Waals surface area contributed by atoms with Gasteiger partial charge in [0.1, 0.15) is 18.1 Å². The van der Waals surface area contributed by atoms with Gasteiger partial charge in [-0.25, -0.2) is 4.79 Å². The lowest BCUT2D eigenvalue weighted by Gasteiger charge is -2.24. The number of carbonyl (C=O) groups is 4. The highest BCUT2D eigenvalue weighted by molar-refractivity contribution is 5.95. The van der Waals surface area contributed by atoms with Crippen LogP contribution in [0, 0.1) is 0 Å². The number of hydrogen-bond donors (Lipinski definition) is 6. The van der Waals surface area contributed by atoms with E-state index in [1.807, 2.05) is 72.8 Å². The van der Waals surface area contributed by atoms with Gasteiger partial charge in [-0.3, -0.25) is 14.4 Å². The van der Waals surface area contributed by atoms with E-state index in [9.17, 15) is 24.3 Å². The standard InChI is InChI=1S/C36H37N5O5/c1-22(39-34(43)29(37)18-24-15-16-25-11-5-6-12-26(25)17-24)33(42)40-31(20-27-21-38-30-14-8-7-13-28(27)30)35(44)41-32(36(45)46)19-23-9-3-2-4-10-23/h2-17,21-22,29,31-32,38H,18-20,37H2,1H3,(H,39,43)(H,40,42)(H,41,44)(H,45,46)/t22-,29+,31-,32+/m0/s1. The van der Waals surface area contributed by atoms with Crippen molar-refractivity contribution in [3.8, 4) is 0 Å². The molecule has 0 fully saturated rings. The molecule has 1 heterocycles.